The molecule has 1 unspecified atom stereocenters. The molecule has 1 aromatic rings. The molecule has 0 saturated carbocycles. The van der Waals surface area contributed by atoms with E-state index >= 15 is 0 Å². The van der Waals surface area contributed by atoms with E-state index in [1.807, 2.05) is 0 Å². The molecule has 0 bridgehead atoms. The third-order valence-corrected chi connectivity index (χ3v) is 2.97. The minimum Gasteiger partial charge on any atom is -0.481 e. The predicted octanol–water partition coefficient (Wildman–Crippen LogP) is 0.728. The quantitative estimate of drug-likeness (QED) is 0.698. The molecule has 4 nitrogen and oxygen atoms in total. The van der Waals surface area contributed by atoms with Gasteiger partial charge in [0.1, 0.15) is 0 Å². The number of aliphatic carboxylic acids is 1. The fourth-order valence-electron chi connectivity index (χ4n) is 1.42. The van der Waals surface area contributed by atoms with Gasteiger partial charge < -0.3 is 5.11 Å². The van der Waals surface area contributed by atoms with Gasteiger partial charge in [0.25, 0.3) is 0 Å². The number of hydrogen-bond acceptors (Lipinski definition) is 4. The van der Waals surface area contributed by atoms with Crippen LogP contribution in [0.4, 0.5) is 0 Å². The minimum absolute atomic E-state index is 0.249. The van der Waals surface area contributed by atoms with Gasteiger partial charge in [-0.1, -0.05) is 4.49 Å². The van der Waals surface area contributed by atoms with Crippen molar-refractivity contribution in [2.75, 3.05) is 0 Å². The first-order valence-electron chi connectivity index (χ1n) is 3.80. The first-order chi connectivity index (χ1) is 5.77. The first kappa shape index (κ1) is 7.67. The summed E-state index contributed by atoms with van der Waals surface area (Å²) in [7, 11) is 0. The van der Waals surface area contributed by atoms with Crippen LogP contribution < -0.4 is 0 Å². The van der Waals surface area contributed by atoms with Crippen molar-refractivity contribution < 1.29 is 9.90 Å². The van der Waals surface area contributed by atoms with Crippen LogP contribution in [0.2, 0.25) is 0 Å². The van der Waals surface area contributed by atoms with E-state index in [1.54, 1.807) is 0 Å². The van der Waals surface area contributed by atoms with Crippen LogP contribution in [0.1, 0.15) is 17.0 Å². The molecule has 0 aromatic carbocycles. The highest BCUT2D eigenvalue weighted by atomic mass is 32.1. The highest BCUT2D eigenvalue weighted by Gasteiger charge is 2.26. The molecule has 0 fully saturated rings. The smallest absolute Gasteiger partial charge is 0.306 e. The molecule has 0 aliphatic heterocycles. The van der Waals surface area contributed by atoms with Crippen molar-refractivity contribution in [3.63, 3.8) is 0 Å². The maximum Gasteiger partial charge on any atom is 0.306 e. The molecular formula is C7H8N2O2S. The SMILES string of the molecule is O=C(O)C1CCc2snnc2C1. The van der Waals surface area contributed by atoms with E-state index in [1.165, 1.54) is 11.5 Å². The summed E-state index contributed by atoms with van der Waals surface area (Å²) in [6, 6.07) is 0. The first-order valence-corrected chi connectivity index (χ1v) is 4.57. The maximum absolute atomic E-state index is 10.6. The van der Waals surface area contributed by atoms with Gasteiger partial charge in [0.15, 0.2) is 0 Å². The molecule has 5 heteroatoms. The van der Waals surface area contributed by atoms with E-state index in [0.29, 0.717) is 6.42 Å². The Balaban J connectivity index is 2.20. The Labute approximate surface area is 73.4 Å². The average Bonchev–Trinajstić information content (AvgIpc) is 2.49. The van der Waals surface area contributed by atoms with Crippen molar-refractivity contribution in [3.05, 3.63) is 10.6 Å². The van der Waals surface area contributed by atoms with E-state index in [2.05, 4.69) is 9.59 Å². The van der Waals surface area contributed by atoms with Gasteiger partial charge in [-0.05, 0) is 24.4 Å². The van der Waals surface area contributed by atoms with Gasteiger partial charge in [-0.25, -0.2) is 0 Å². The maximum atomic E-state index is 10.6. The third kappa shape index (κ3) is 1.20. The summed E-state index contributed by atoms with van der Waals surface area (Å²) in [6.07, 6.45) is 2.11. The van der Waals surface area contributed by atoms with Crippen molar-refractivity contribution in [2.24, 2.45) is 5.92 Å². The predicted molar refractivity (Wildman–Crippen MR) is 43.1 cm³/mol. The zero-order valence-corrected chi connectivity index (χ0v) is 7.17. The highest BCUT2D eigenvalue weighted by Crippen LogP contribution is 2.25. The number of aryl methyl sites for hydroxylation is 1. The molecule has 12 heavy (non-hydrogen) atoms. The van der Waals surface area contributed by atoms with Gasteiger partial charge >= 0.3 is 5.97 Å². The summed E-state index contributed by atoms with van der Waals surface area (Å²) in [5, 5.41) is 12.7. The molecule has 0 amide bonds. The summed E-state index contributed by atoms with van der Waals surface area (Å²) < 4.78 is 3.80. The summed E-state index contributed by atoms with van der Waals surface area (Å²) in [5.74, 6) is -0.963. The normalized spacial score (nSPS) is 21.8. The van der Waals surface area contributed by atoms with Gasteiger partial charge in [0.05, 0.1) is 11.6 Å². The molecule has 2 rings (SSSR count). The van der Waals surface area contributed by atoms with Crippen LogP contribution in [0.3, 0.4) is 0 Å². The van der Waals surface area contributed by atoms with Gasteiger partial charge in [0, 0.05) is 11.3 Å². The Bertz CT molecular complexity index is 310. The number of carboxylic acid groups (broad SMARTS) is 1. The van der Waals surface area contributed by atoms with Crippen LogP contribution in [-0.4, -0.2) is 20.7 Å². The summed E-state index contributed by atoms with van der Waals surface area (Å²) >= 11 is 1.39. The lowest BCUT2D eigenvalue weighted by molar-refractivity contribution is -0.142. The molecule has 0 spiro atoms. The second-order valence-electron chi connectivity index (χ2n) is 2.92. The molecule has 0 radical (unpaired) electrons. The standard InChI is InChI=1S/C7H8N2O2S/c10-7(11)4-1-2-6-5(3-4)8-9-12-6/h4H,1-3H2,(H,10,11). The van der Waals surface area contributed by atoms with E-state index in [4.69, 9.17) is 5.11 Å². The number of fused-ring (bicyclic) bond motifs is 1. The molecule has 1 atom stereocenters. The highest BCUT2D eigenvalue weighted by molar-refractivity contribution is 7.05. The monoisotopic (exact) mass is 184 g/mol. The van der Waals surface area contributed by atoms with Crippen LogP contribution >= 0.6 is 11.5 Å². The van der Waals surface area contributed by atoms with Gasteiger partial charge in [0.2, 0.25) is 0 Å². The molecule has 64 valence electrons. The zero-order valence-electron chi connectivity index (χ0n) is 6.36. The number of carboxylic acids is 1. The Kier molecular flexibility index (Phi) is 1.80. The molecule has 0 saturated heterocycles. The lowest BCUT2D eigenvalue weighted by Gasteiger charge is -2.15. The van der Waals surface area contributed by atoms with Crippen LogP contribution in [0.25, 0.3) is 0 Å². The fraction of sp³-hybridized carbons (Fsp3) is 0.571. The van der Waals surface area contributed by atoms with Crippen molar-refractivity contribution >= 4 is 17.5 Å². The molecule has 1 aromatic heterocycles. The second kappa shape index (κ2) is 2.82. The van der Waals surface area contributed by atoms with Crippen LogP contribution in [0.5, 0.6) is 0 Å². The fourth-order valence-corrected chi connectivity index (χ4v) is 2.10. The van der Waals surface area contributed by atoms with Gasteiger partial charge in [-0.2, -0.15) is 0 Å². The van der Waals surface area contributed by atoms with Crippen LogP contribution in [-0.2, 0) is 17.6 Å². The minimum atomic E-state index is -0.714. The molecule has 1 heterocycles. The Morgan fingerprint density at radius 2 is 2.50 bits per heavy atom. The molecule has 1 aliphatic rings. The van der Waals surface area contributed by atoms with Crippen molar-refractivity contribution in [1.29, 1.82) is 0 Å². The zero-order chi connectivity index (χ0) is 8.55. The van der Waals surface area contributed by atoms with Crippen LogP contribution in [0, 0.1) is 5.92 Å². The van der Waals surface area contributed by atoms with Crippen molar-refractivity contribution in [2.45, 2.75) is 19.3 Å². The average molecular weight is 184 g/mol. The number of aromatic nitrogens is 2. The Hall–Kier alpha value is -0.970. The van der Waals surface area contributed by atoms with Crippen LogP contribution in [0.15, 0.2) is 0 Å². The molecule has 1 N–H and O–H groups in total. The summed E-state index contributed by atoms with van der Waals surface area (Å²) in [4.78, 5) is 11.8. The number of hydrogen-bond donors (Lipinski definition) is 1. The topological polar surface area (TPSA) is 63.1 Å². The second-order valence-corrected chi connectivity index (χ2v) is 3.76. The summed E-state index contributed by atoms with van der Waals surface area (Å²) in [6.45, 7) is 0. The largest absolute Gasteiger partial charge is 0.481 e. The van der Waals surface area contributed by atoms with E-state index in [0.717, 1.165) is 23.4 Å². The summed E-state index contributed by atoms with van der Waals surface area (Å²) in [5.41, 5.74) is 0.888. The lowest BCUT2D eigenvalue weighted by atomic mass is 9.91. The number of rotatable bonds is 1. The van der Waals surface area contributed by atoms with Gasteiger partial charge in [-0.3, -0.25) is 4.79 Å². The van der Waals surface area contributed by atoms with Gasteiger partial charge in [-0.15, -0.1) is 5.10 Å². The number of nitrogens with zero attached hydrogens (tertiary/aromatic N) is 2. The van der Waals surface area contributed by atoms with E-state index in [-0.39, 0.29) is 5.92 Å². The van der Waals surface area contributed by atoms with Crippen molar-refractivity contribution in [3.8, 4) is 0 Å². The third-order valence-electron chi connectivity index (χ3n) is 2.14. The molecular weight excluding hydrogens is 176 g/mol. The number of carbonyl (C=O) groups is 1. The lowest BCUT2D eigenvalue weighted by Crippen LogP contribution is -2.21. The van der Waals surface area contributed by atoms with E-state index in [9.17, 15) is 4.79 Å². The van der Waals surface area contributed by atoms with E-state index < -0.39 is 5.97 Å². The molecule has 1 aliphatic carbocycles. The Morgan fingerprint density at radius 1 is 1.67 bits per heavy atom. The van der Waals surface area contributed by atoms with Crippen molar-refractivity contribution in [1.82, 2.24) is 9.59 Å². The Morgan fingerprint density at radius 3 is 3.25 bits per heavy atom.